The third-order valence-corrected chi connectivity index (χ3v) is 2.97. The van der Waals surface area contributed by atoms with Crippen molar-refractivity contribution in [3.63, 3.8) is 0 Å². The highest BCUT2D eigenvalue weighted by Crippen LogP contribution is 2.30. The summed E-state index contributed by atoms with van der Waals surface area (Å²) >= 11 is 2.91. The molecule has 1 heterocycles. The molecule has 2 rings (SSSR count). The first-order chi connectivity index (χ1) is 8.97. The lowest BCUT2D eigenvalue weighted by Crippen LogP contribution is -2.03. The van der Waals surface area contributed by atoms with Gasteiger partial charge in [-0.15, -0.1) is 0 Å². The van der Waals surface area contributed by atoms with Crippen molar-refractivity contribution in [3.8, 4) is 0 Å². The third-order valence-electron chi connectivity index (χ3n) is 2.37. The van der Waals surface area contributed by atoms with Crippen molar-refractivity contribution in [1.29, 1.82) is 0 Å². The Bertz CT molecular complexity index is 630. The molecule has 1 aromatic heterocycles. The predicted octanol–water partition coefficient (Wildman–Crippen LogP) is 3.40. The molecule has 0 saturated heterocycles. The Hall–Kier alpha value is -1.96. The zero-order chi connectivity index (χ0) is 14.0. The van der Waals surface area contributed by atoms with E-state index in [4.69, 9.17) is 4.52 Å². The molecule has 0 spiro atoms. The molecule has 19 heavy (non-hydrogen) atoms. The van der Waals surface area contributed by atoms with Crippen LogP contribution in [0.25, 0.3) is 0 Å². The molecular formula is C11H9BrFN3O3. The van der Waals surface area contributed by atoms with Crippen molar-refractivity contribution >= 4 is 27.3 Å². The molecule has 0 radical (unpaired) electrons. The van der Waals surface area contributed by atoms with Gasteiger partial charge >= 0.3 is 0 Å². The molecule has 0 fully saturated rings. The molecule has 100 valence electrons. The summed E-state index contributed by atoms with van der Waals surface area (Å²) in [6.45, 7) is 1.94. The average molecular weight is 330 g/mol. The lowest BCUT2D eigenvalue weighted by atomic mass is 10.2. The van der Waals surface area contributed by atoms with Crippen LogP contribution in [-0.2, 0) is 6.54 Å². The highest BCUT2D eigenvalue weighted by molar-refractivity contribution is 9.10. The van der Waals surface area contributed by atoms with Crippen molar-refractivity contribution < 1.29 is 13.8 Å². The summed E-state index contributed by atoms with van der Waals surface area (Å²) in [6, 6.07) is 3.86. The van der Waals surface area contributed by atoms with Crippen molar-refractivity contribution in [2.24, 2.45) is 0 Å². The predicted molar refractivity (Wildman–Crippen MR) is 69.3 cm³/mol. The summed E-state index contributed by atoms with van der Waals surface area (Å²) in [4.78, 5) is 10.3. The lowest BCUT2D eigenvalue weighted by molar-refractivity contribution is -0.384. The summed E-state index contributed by atoms with van der Waals surface area (Å²) < 4.78 is 18.4. The van der Waals surface area contributed by atoms with Crippen LogP contribution < -0.4 is 5.32 Å². The molecule has 6 nitrogen and oxygen atoms in total. The molecule has 0 atom stereocenters. The van der Waals surface area contributed by atoms with Crippen molar-refractivity contribution in [2.45, 2.75) is 13.5 Å². The number of aromatic nitrogens is 1. The van der Waals surface area contributed by atoms with E-state index in [-0.39, 0.29) is 22.4 Å². The first-order valence-electron chi connectivity index (χ1n) is 5.27. The second-order valence-corrected chi connectivity index (χ2v) is 4.68. The number of aryl methyl sites for hydroxylation is 1. The van der Waals surface area contributed by atoms with Gasteiger partial charge in [0.2, 0.25) is 0 Å². The van der Waals surface area contributed by atoms with E-state index in [1.54, 1.807) is 13.0 Å². The molecule has 0 aliphatic carbocycles. The van der Waals surface area contributed by atoms with E-state index >= 15 is 0 Å². The number of halogens is 2. The number of benzene rings is 1. The van der Waals surface area contributed by atoms with E-state index in [0.717, 1.165) is 12.1 Å². The van der Waals surface area contributed by atoms with Gasteiger partial charge in [0.05, 0.1) is 21.6 Å². The Morgan fingerprint density at radius 1 is 1.53 bits per heavy atom. The summed E-state index contributed by atoms with van der Waals surface area (Å²) in [5.41, 5.74) is 0.567. The van der Waals surface area contributed by atoms with Crippen molar-refractivity contribution in [3.05, 3.63) is 50.1 Å². The van der Waals surface area contributed by atoms with E-state index in [1.807, 2.05) is 0 Å². The number of nitro groups is 1. The average Bonchev–Trinajstić information content (AvgIpc) is 2.76. The van der Waals surface area contributed by atoms with Gasteiger partial charge in [-0.3, -0.25) is 10.1 Å². The Labute approximate surface area is 115 Å². The molecule has 0 saturated carbocycles. The van der Waals surface area contributed by atoms with Crippen molar-refractivity contribution in [2.75, 3.05) is 5.32 Å². The van der Waals surface area contributed by atoms with E-state index in [0.29, 0.717) is 11.5 Å². The summed E-state index contributed by atoms with van der Waals surface area (Å²) in [6.07, 6.45) is 0. The molecule has 2 aromatic rings. The zero-order valence-corrected chi connectivity index (χ0v) is 11.4. The first-order valence-corrected chi connectivity index (χ1v) is 6.06. The molecule has 0 bridgehead atoms. The molecule has 1 N–H and O–H groups in total. The first kappa shape index (κ1) is 13.5. The maximum Gasteiger partial charge on any atom is 0.293 e. The van der Waals surface area contributed by atoms with Crippen LogP contribution in [0.15, 0.2) is 27.2 Å². The Morgan fingerprint density at radius 3 is 2.84 bits per heavy atom. The molecule has 0 aliphatic heterocycles. The quantitative estimate of drug-likeness (QED) is 0.686. The van der Waals surface area contributed by atoms with Crippen LogP contribution in [0, 0.1) is 22.9 Å². The number of hydrogen-bond donors (Lipinski definition) is 1. The van der Waals surface area contributed by atoms with Gasteiger partial charge in [-0.2, -0.15) is 0 Å². The minimum Gasteiger partial charge on any atom is -0.372 e. The number of anilines is 1. The van der Waals surface area contributed by atoms with Crippen LogP contribution in [0.1, 0.15) is 11.5 Å². The highest BCUT2D eigenvalue weighted by Gasteiger charge is 2.17. The fourth-order valence-corrected chi connectivity index (χ4v) is 1.84. The van der Waals surface area contributed by atoms with Gasteiger partial charge in [-0.25, -0.2) is 4.39 Å². The van der Waals surface area contributed by atoms with E-state index < -0.39 is 10.7 Å². The van der Waals surface area contributed by atoms with Crippen molar-refractivity contribution in [1.82, 2.24) is 5.16 Å². The monoisotopic (exact) mass is 329 g/mol. The topological polar surface area (TPSA) is 81.2 Å². The summed E-state index contributed by atoms with van der Waals surface area (Å²) in [5.74, 6) is -0.0722. The second kappa shape index (κ2) is 5.35. The Kier molecular flexibility index (Phi) is 3.79. The fourth-order valence-electron chi connectivity index (χ4n) is 1.51. The largest absolute Gasteiger partial charge is 0.372 e. The third kappa shape index (κ3) is 3.08. The standard InChI is InChI=1S/C11H9BrFN3O3/c1-6-2-7(19-15-6)5-14-10-4-9(13)8(12)3-11(10)16(17)18/h2-4,14H,5H2,1H3. The molecule has 0 unspecified atom stereocenters. The maximum atomic E-state index is 13.4. The molecule has 0 amide bonds. The minimum absolute atomic E-state index is 0.0419. The van der Waals surface area contributed by atoms with Gasteiger partial charge in [-0.1, -0.05) is 5.16 Å². The van der Waals surface area contributed by atoms with E-state index in [2.05, 4.69) is 26.4 Å². The highest BCUT2D eigenvalue weighted by atomic mass is 79.9. The van der Waals surface area contributed by atoms with Gasteiger partial charge in [0.15, 0.2) is 5.76 Å². The van der Waals surface area contributed by atoms with Gasteiger partial charge in [0.25, 0.3) is 5.69 Å². The van der Waals surface area contributed by atoms with Crippen LogP contribution >= 0.6 is 15.9 Å². The lowest BCUT2D eigenvalue weighted by Gasteiger charge is -2.06. The summed E-state index contributed by atoms with van der Waals surface area (Å²) in [7, 11) is 0. The molecule has 1 aromatic carbocycles. The molecule has 0 aliphatic rings. The van der Waals surface area contributed by atoms with Crippen LogP contribution in [-0.4, -0.2) is 10.1 Å². The number of nitrogens with one attached hydrogen (secondary N) is 1. The van der Waals surface area contributed by atoms with Gasteiger partial charge in [0, 0.05) is 18.2 Å². The molecular weight excluding hydrogens is 321 g/mol. The number of nitrogens with zero attached hydrogens (tertiary/aromatic N) is 2. The van der Waals surface area contributed by atoms with Crippen LogP contribution in [0.4, 0.5) is 15.8 Å². The zero-order valence-electron chi connectivity index (χ0n) is 9.81. The summed E-state index contributed by atoms with van der Waals surface area (Å²) in [5, 5.41) is 17.3. The number of hydrogen-bond acceptors (Lipinski definition) is 5. The fraction of sp³-hybridized carbons (Fsp3) is 0.182. The number of rotatable bonds is 4. The van der Waals surface area contributed by atoms with Crippen LogP contribution in [0.2, 0.25) is 0 Å². The van der Waals surface area contributed by atoms with Crippen LogP contribution in [0.3, 0.4) is 0 Å². The van der Waals surface area contributed by atoms with E-state index in [1.165, 1.54) is 0 Å². The van der Waals surface area contributed by atoms with Gasteiger partial charge in [-0.05, 0) is 22.9 Å². The maximum absolute atomic E-state index is 13.4. The van der Waals surface area contributed by atoms with Gasteiger partial charge in [0.1, 0.15) is 11.5 Å². The normalized spacial score (nSPS) is 10.5. The Balaban J connectivity index is 2.23. The second-order valence-electron chi connectivity index (χ2n) is 3.83. The van der Waals surface area contributed by atoms with E-state index in [9.17, 15) is 14.5 Å². The Morgan fingerprint density at radius 2 is 2.26 bits per heavy atom. The van der Waals surface area contributed by atoms with Crippen LogP contribution in [0.5, 0.6) is 0 Å². The smallest absolute Gasteiger partial charge is 0.293 e. The SMILES string of the molecule is Cc1cc(CNc2cc(F)c(Br)cc2[N+](=O)[O-])on1. The van der Waals surface area contributed by atoms with Gasteiger partial charge < -0.3 is 9.84 Å². The minimum atomic E-state index is -0.585. The number of nitro benzene ring substituents is 1. The molecule has 8 heteroatoms.